The lowest BCUT2D eigenvalue weighted by Crippen LogP contribution is -2.51. The summed E-state index contributed by atoms with van der Waals surface area (Å²) >= 11 is 0. The van der Waals surface area contributed by atoms with Gasteiger partial charge >= 0.3 is 0 Å². The van der Waals surface area contributed by atoms with Gasteiger partial charge in [-0.25, -0.2) is 0 Å². The number of fused-ring (bicyclic) bond motifs is 6. The summed E-state index contributed by atoms with van der Waals surface area (Å²) < 4.78 is 4.37. The van der Waals surface area contributed by atoms with E-state index in [1.54, 1.807) is 0 Å². The number of hydrogen-bond acceptors (Lipinski definition) is 1. The molecule has 0 spiro atoms. The molecule has 1 radical (unpaired) electrons. The Kier molecular flexibility index (Phi) is 5.47. The highest BCUT2D eigenvalue weighted by Gasteiger charge is 2.22. The lowest BCUT2D eigenvalue weighted by molar-refractivity contribution is 1.18. The molecule has 0 saturated heterocycles. The second-order valence-electron chi connectivity index (χ2n) is 10.4. The van der Waals surface area contributed by atoms with Gasteiger partial charge in [0.05, 0.1) is 28.4 Å². The minimum atomic E-state index is -1.21. The zero-order valence-electron chi connectivity index (χ0n) is 22.3. The quantitative estimate of drug-likeness (QED) is 0.107. The molecule has 193 valence electrons. The van der Waals surface area contributed by atoms with Gasteiger partial charge in [0.1, 0.15) is 0 Å². The monoisotopic (exact) mass is 540 g/mol. The minimum absolute atomic E-state index is 1.05. The molecule has 0 amide bonds. The number of nitrogens with one attached hydrogen (secondary N) is 1. The summed E-state index contributed by atoms with van der Waals surface area (Å²) in [5, 5.41) is 17.3. The average Bonchev–Trinajstić information content (AvgIpc) is 3.53. The number of hydrogen-bond donors (Lipinski definition) is 1. The molecule has 4 heteroatoms. The van der Waals surface area contributed by atoms with Crippen molar-refractivity contribution in [3.63, 3.8) is 0 Å². The molecule has 2 aromatic heterocycles. The molecule has 0 aliphatic rings. The predicted molar refractivity (Wildman–Crippen MR) is 176 cm³/mol. The molecule has 0 aliphatic carbocycles. The Morgan fingerprint density at radius 1 is 0.439 bits per heavy atom. The molecule has 0 fully saturated rings. The van der Waals surface area contributed by atoms with E-state index in [4.69, 9.17) is 5.41 Å². The third-order valence-electron chi connectivity index (χ3n) is 8.15. The van der Waals surface area contributed by atoms with Crippen LogP contribution in [0.1, 0.15) is 0 Å². The van der Waals surface area contributed by atoms with Gasteiger partial charge in [0, 0.05) is 27.2 Å². The first kappa shape index (κ1) is 23.7. The summed E-state index contributed by atoms with van der Waals surface area (Å²) in [5.41, 5.74) is 5.58. The van der Waals surface area contributed by atoms with E-state index in [2.05, 4.69) is 150 Å². The van der Waals surface area contributed by atoms with Gasteiger partial charge in [0.15, 0.2) is 8.80 Å². The molecule has 8 rings (SSSR count). The Labute approximate surface area is 239 Å². The maximum Gasteiger partial charge on any atom is 0.154 e. The molecule has 2 heterocycles. The fourth-order valence-corrected chi connectivity index (χ4v) is 8.96. The molecule has 0 atom stereocenters. The lowest BCUT2D eigenvalue weighted by Gasteiger charge is -2.17. The average molecular weight is 541 g/mol. The van der Waals surface area contributed by atoms with Crippen molar-refractivity contribution in [3.05, 3.63) is 146 Å². The third kappa shape index (κ3) is 3.69. The highest BCUT2D eigenvalue weighted by molar-refractivity contribution is 6.95. The molecule has 3 nitrogen and oxygen atoms in total. The van der Waals surface area contributed by atoms with Gasteiger partial charge in [0.25, 0.3) is 0 Å². The second kappa shape index (κ2) is 9.47. The number of nitrogens with zero attached hydrogens (tertiary/aromatic N) is 2. The van der Waals surface area contributed by atoms with Crippen LogP contribution in [0.25, 0.3) is 49.3 Å². The smallest absolute Gasteiger partial charge is 0.154 e. The van der Waals surface area contributed by atoms with Crippen molar-refractivity contribution in [2.75, 3.05) is 0 Å². The molecule has 1 N–H and O–H groups in total. The van der Waals surface area contributed by atoms with Crippen molar-refractivity contribution in [1.29, 1.82) is 5.41 Å². The molecule has 0 bridgehead atoms. The SMILES string of the molecule is N=Cn1c2ccc([Si](c3ccccc3)c3ccccc3)cc2c2cc3c4ccccc4n(-c4ccccc4)c3cc21. The van der Waals surface area contributed by atoms with Crippen molar-refractivity contribution in [3.8, 4) is 5.69 Å². The molecule has 8 aromatic rings. The van der Waals surface area contributed by atoms with Crippen LogP contribution in [0.15, 0.2) is 146 Å². The van der Waals surface area contributed by atoms with Gasteiger partial charge in [-0.3, -0.25) is 5.41 Å². The van der Waals surface area contributed by atoms with Crippen molar-refractivity contribution < 1.29 is 0 Å². The van der Waals surface area contributed by atoms with Crippen LogP contribution in [0.2, 0.25) is 0 Å². The van der Waals surface area contributed by atoms with E-state index in [0.717, 1.165) is 22.2 Å². The fourth-order valence-electron chi connectivity index (χ4n) is 6.37. The number of para-hydroxylation sites is 2. The van der Waals surface area contributed by atoms with Crippen LogP contribution in [0, 0.1) is 5.41 Å². The van der Waals surface area contributed by atoms with E-state index >= 15 is 0 Å². The minimum Gasteiger partial charge on any atom is -0.309 e. The molecular formula is C37H26N3Si. The number of benzene rings is 6. The van der Waals surface area contributed by atoms with E-state index in [0.29, 0.717) is 0 Å². The summed E-state index contributed by atoms with van der Waals surface area (Å²) in [6.45, 7) is 0. The molecule has 41 heavy (non-hydrogen) atoms. The Bertz CT molecular complexity index is 2170. The normalized spacial score (nSPS) is 11.7. The Hall–Kier alpha value is -5.19. The zero-order chi connectivity index (χ0) is 27.3. The Morgan fingerprint density at radius 2 is 1.02 bits per heavy atom. The van der Waals surface area contributed by atoms with Crippen LogP contribution in [0.5, 0.6) is 0 Å². The first-order chi connectivity index (χ1) is 20.3. The molecule has 0 unspecified atom stereocenters. The van der Waals surface area contributed by atoms with Crippen LogP contribution < -0.4 is 15.6 Å². The van der Waals surface area contributed by atoms with E-state index in [-0.39, 0.29) is 0 Å². The predicted octanol–water partition coefficient (Wildman–Crippen LogP) is 6.86. The third-order valence-corrected chi connectivity index (χ3v) is 10.9. The fraction of sp³-hybridized carbons (Fsp3) is 0. The van der Waals surface area contributed by atoms with Crippen LogP contribution in [0.4, 0.5) is 0 Å². The van der Waals surface area contributed by atoms with Gasteiger partial charge in [-0.2, -0.15) is 0 Å². The summed E-state index contributed by atoms with van der Waals surface area (Å²) in [5.74, 6) is 0. The van der Waals surface area contributed by atoms with E-state index in [1.807, 2.05) is 4.57 Å². The molecule has 0 saturated carbocycles. The van der Waals surface area contributed by atoms with Crippen LogP contribution in [0.3, 0.4) is 0 Å². The highest BCUT2D eigenvalue weighted by atomic mass is 28.3. The Balaban J connectivity index is 1.44. The largest absolute Gasteiger partial charge is 0.309 e. The van der Waals surface area contributed by atoms with Crippen molar-refractivity contribution in [2.24, 2.45) is 0 Å². The Morgan fingerprint density at radius 3 is 1.71 bits per heavy atom. The molecule has 0 aliphatic heterocycles. The van der Waals surface area contributed by atoms with E-state index < -0.39 is 8.80 Å². The summed E-state index contributed by atoms with van der Waals surface area (Å²) in [4.78, 5) is 0. The van der Waals surface area contributed by atoms with Gasteiger partial charge in [-0.15, -0.1) is 0 Å². The maximum absolute atomic E-state index is 8.40. The van der Waals surface area contributed by atoms with Crippen LogP contribution in [-0.4, -0.2) is 24.3 Å². The van der Waals surface area contributed by atoms with Crippen molar-refractivity contribution >= 4 is 74.3 Å². The highest BCUT2D eigenvalue weighted by Crippen LogP contribution is 2.37. The molecular weight excluding hydrogens is 515 g/mol. The summed E-state index contributed by atoms with van der Waals surface area (Å²) in [6.07, 6.45) is 1.45. The summed E-state index contributed by atoms with van der Waals surface area (Å²) in [7, 11) is -1.21. The number of rotatable bonds is 5. The lowest BCUT2D eigenvalue weighted by atomic mass is 10.1. The maximum atomic E-state index is 8.40. The standard InChI is InChI=1S/C37H26N3Si/c38-25-39-34-21-20-29(41(27-14-6-2-7-15-27)28-16-8-3-9-17-28)22-31(34)33-23-32-30-18-10-11-19-35(30)40(37(32)24-36(33)39)26-12-4-1-5-13-26/h1-25,38H. The number of aromatic nitrogens is 2. The van der Waals surface area contributed by atoms with E-state index in [1.165, 1.54) is 49.0 Å². The van der Waals surface area contributed by atoms with Gasteiger partial charge in [0.2, 0.25) is 0 Å². The molecule has 6 aromatic carbocycles. The van der Waals surface area contributed by atoms with Gasteiger partial charge in [-0.05, 0) is 41.6 Å². The van der Waals surface area contributed by atoms with Crippen molar-refractivity contribution in [2.45, 2.75) is 0 Å². The first-order valence-electron chi connectivity index (χ1n) is 13.9. The second-order valence-corrected chi connectivity index (χ2v) is 12.9. The topological polar surface area (TPSA) is 33.7 Å². The van der Waals surface area contributed by atoms with Gasteiger partial charge in [-0.1, -0.05) is 120 Å². The van der Waals surface area contributed by atoms with E-state index in [9.17, 15) is 0 Å². The van der Waals surface area contributed by atoms with Crippen LogP contribution >= 0.6 is 0 Å². The van der Waals surface area contributed by atoms with Gasteiger partial charge < -0.3 is 9.13 Å². The van der Waals surface area contributed by atoms with Crippen LogP contribution in [-0.2, 0) is 0 Å². The van der Waals surface area contributed by atoms with Crippen molar-refractivity contribution in [1.82, 2.24) is 9.13 Å². The first-order valence-corrected chi connectivity index (χ1v) is 15.4. The summed E-state index contributed by atoms with van der Waals surface area (Å²) in [6, 6.07) is 52.4. The zero-order valence-corrected chi connectivity index (χ0v) is 23.3.